The molecule has 0 saturated heterocycles. The third-order valence-corrected chi connectivity index (χ3v) is 5.75. The zero-order valence-corrected chi connectivity index (χ0v) is 19.8. The number of hydrogen-bond donors (Lipinski definition) is 2. The monoisotopic (exact) mass is 497 g/mol. The number of benzene rings is 1. The van der Waals surface area contributed by atoms with Crippen LogP contribution in [0.3, 0.4) is 0 Å². The Hall–Kier alpha value is -4.06. The summed E-state index contributed by atoms with van der Waals surface area (Å²) in [5, 5.41) is 9.88. The van der Waals surface area contributed by atoms with E-state index in [-0.39, 0.29) is 30.1 Å². The van der Waals surface area contributed by atoms with E-state index < -0.39 is 18.5 Å². The minimum absolute atomic E-state index is 0.00537. The summed E-state index contributed by atoms with van der Waals surface area (Å²) >= 11 is 1.08. The van der Waals surface area contributed by atoms with Crippen LogP contribution in [0.4, 0.5) is 11.5 Å². The van der Waals surface area contributed by atoms with E-state index in [2.05, 4.69) is 20.7 Å². The summed E-state index contributed by atoms with van der Waals surface area (Å²) in [4.78, 5) is 41.4. The van der Waals surface area contributed by atoms with Crippen LogP contribution in [0.5, 0.6) is 11.5 Å². The lowest BCUT2D eigenvalue weighted by Gasteiger charge is -2.12. The summed E-state index contributed by atoms with van der Waals surface area (Å²) in [6.45, 7) is 3.52. The predicted molar refractivity (Wildman–Crippen MR) is 128 cm³/mol. The van der Waals surface area contributed by atoms with Gasteiger partial charge in [0.05, 0.1) is 17.5 Å². The Morgan fingerprint density at radius 3 is 2.74 bits per heavy atom. The molecule has 1 aliphatic rings. The Kier molecular flexibility index (Phi) is 7.51. The van der Waals surface area contributed by atoms with Crippen LogP contribution >= 0.6 is 11.8 Å². The van der Waals surface area contributed by atoms with E-state index in [9.17, 15) is 14.4 Å². The number of nitrogens with one attached hydrogen (secondary N) is 2. The smallest absolute Gasteiger partial charge is 0.341 e. The van der Waals surface area contributed by atoms with Crippen molar-refractivity contribution in [1.29, 1.82) is 0 Å². The summed E-state index contributed by atoms with van der Waals surface area (Å²) in [6, 6.07) is 9.91. The lowest BCUT2D eigenvalue weighted by Crippen LogP contribution is -2.23. The quantitative estimate of drug-likeness (QED) is 0.338. The summed E-state index contributed by atoms with van der Waals surface area (Å²) in [6.07, 6.45) is 3.08. The van der Waals surface area contributed by atoms with Crippen molar-refractivity contribution in [2.45, 2.75) is 24.9 Å². The largest absolute Gasteiger partial charge is 0.454 e. The maximum Gasteiger partial charge on any atom is 0.341 e. The molecular formula is C23H23N5O6S. The first kappa shape index (κ1) is 24.1. The van der Waals surface area contributed by atoms with Crippen molar-refractivity contribution in [2.24, 2.45) is 0 Å². The number of anilines is 2. The van der Waals surface area contributed by atoms with Crippen LogP contribution in [0.15, 0.2) is 53.8 Å². The highest BCUT2D eigenvalue weighted by molar-refractivity contribution is 8.00. The fourth-order valence-corrected chi connectivity index (χ4v) is 3.96. The highest BCUT2D eigenvalue weighted by atomic mass is 32.2. The van der Waals surface area contributed by atoms with Crippen LogP contribution in [0.25, 0.3) is 0 Å². The van der Waals surface area contributed by atoms with E-state index in [1.807, 2.05) is 13.8 Å². The van der Waals surface area contributed by atoms with Crippen molar-refractivity contribution < 1.29 is 28.6 Å². The zero-order chi connectivity index (χ0) is 24.8. The molecule has 0 atom stereocenters. The van der Waals surface area contributed by atoms with Gasteiger partial charge in [0.2, 0.25) is 12.7 Å². The van der Waals surface area contributed by atoms with Gasteiger partial charge in [0, 0.05) is 30.1 Å². The van der Waals surface area contributed by atoms with Gasteiger partial charge < -0.3 is 24.8 Å². The van der Waals surface area contributed by atoms with E-state index in [0.717, 1.165) is 11.8 Å². The fourth-order valence-electron chi connectivity index (χ4n) is 3.18. The van der Waals surface area contributed by atoms with E-state index in [0.29, 0.717) is 28.0 Å². The summed E-state index contributed by atoms with van der Waals surface area (Å²) < 4.78 is 17.4. The van der Waals surface area contributed by atoms with Crippen molar-refractivity contribution in [3.05, 3.63) is 54.4 Å². The van der Waals surface area contributed by atoms with Gasteiger partial charge in [0.25, 0.3) is 5.91 Å². The van der Waals surface area contributed by atoms with Gasteiger partial charge in [-0.25, -0.2) is 14.5 Å². The second kappa shape index (κ2) is 10.9. The number of carbonyl (C=O) groups excluding carboxylic acids is 3. The maximum absolute atomic E-state index is 12.6. The van der Waals surface area contributed by atoms with Gasteiger partial charge in [0.1, 0.15) is 10.8 Å². The van der Waals surface area contributed by atoms with E-state index in [1.54, 1.807) is 41.2 Å². The number of ether oxygens (including phenoxy) is 3. The molecular weight excluding hydrogens is 474 g/mol. The summed E-state index contributed by atoms with van der Waals surface area (Å²) in [5.41, 5.74) is 0.721. The molecule has 0 unspecified atom stereocenters. The standard InChI is InChI=1S/C23H23N5O6S/c1-14(2)28-19(7-9-25-28)27-20(29)11-32-23(31)16-4-3-8-24-22(16)35-12-21(30)26-15-5-6-17-18(10-15)34-13-33-17/h3-10,14H,11-13H2,1-2H3,(H,26,30)(H,27,29). The van der Waals surface area contributed by atoms with Crippen LogP contribution in [-0.4, -0.2) is 51.7 Å². The number of fused-ring (bicyclic) bond motifs is 1. The molecule has 0 radical (unpaired) electrons. The SMILES string of the molecule is CC(C)n1nccc1NC(=O)COC(=O)c1cccnc1SCC(=O)Nc1ccc2c(c1)OCO2. The molecule has 0 bridgehead atoms. The molecule has 11 nitrogen and oxygen atoms in total. The first-order valence-electron chi connectivity index (χ1n) is 10.7. The molecule has 2 aromatic heterocycles. The number of amides is 2. The van der Waals surface area contributed by atoms with Crippen molar-refractivity contribution >= 4 is 41.1 Å². The first-order chi connectivity index (χ1) is 16.9. The number of aromatic nitrogens is 3. The normalized spacial score (nSPS) is 11.9. The third kappa shape index (κ3) is 6.09. The molecule has 1 aliphatic heterocycles. The Morgan fingerprint density at radius 1 is 1.09 bits per heavy atom. The average Bonchev–Trinajstić information content (AvgIpc) is 3.50. The van der Waals surface area contributed by atoms with Crippen molar-refractivity contribution in [2.75, 3.05) is 29.8 Å². The second-order valence-electron chi connectivity index (χ2n) is 7.64. The van der Waals surface area contributed by atoms with Crippen LogP contribution in [0.2, 0.25) is 0 Å². The van der Waals surface area contributed by atoms with Gasteiger partial charge >= 0.3 is 5.97 Å². The molecule has 3 aromatic rings. The molecule has 182 valence electrons. The summed E-state index contributed by atoms with van der Waals surface area (Å²) in [7, 11) is 0. The molecule has 3 heterocycles. The predicted octanol–water partition coefficient (Wildman–Crippen LogP) is 3.11. The van der Waals surface area contributed by atoms with Gasteiger partial charge in [0.15, 0.2) is 18.1 Å². The van der Waals surface area contributed by atoms with Crippen LogP contribution in [-0.2, 0) is 14.3 Å². The minimum atomic E-state index is -0.718. The number of pyridine rings is 1. The summed E-state index contributed by atoms with van der Waals surface area (Å²) in [5.74, 6) is 0.181. The topological polar surface area (TPSA) is 134 Å². The molecule has 0 fully saturated rings. The molecule has 12 heteroatoms. The zero-order valence-electron chi connectivity index (χ0n) is 19.0. The Morgan fingerprint density at radius 2 is 1.91 bits per heavy atom. The highest BCUT2D eigenvalue weighted by Crippen LogP contribution is 2.34. The minimum Gasteiger partial charge on any atom is -0.454 e. The molecule has 2 N–H and O–H groups in total. The second-order valence-corrected chi connectivity index (χ2v) is 8.60. The number of nitrogens with zero attached hydrogens (tertiary/aromatic N) is 3. The van der Waals surface area contributed by atoms with Gasteiger partial charge in [-0.3, -0.25) is 9.59 Å². The average molecular weight is 498 g/mol. The molecule has 1 aromatic carbocycles. The van der Waals surface area contributed by atoms with Crippen molar-refractivity contribution in [3.63, 3.8) is 0 Å². The van der Waals surface area contributed by atoms with E-state index in [4.69, 9.17) is 14.2 Å². The lowest BCUT2D eigenvalue weighted by molar-refractivity contribution is -0.119. The van der Waals surface area contributed by atoms with Crippen molar-refractivity contribution in [3.8, 4) is 11.5 Å². The maximum atomic E-state index is 12.6. The molecule has 0 saturated carbocycles. The Balaban J connectivity index is 1.30. The Bertz CT molecular complexity index is 1240. The molecule has 0 spiro atoms. The number of carbonyl (C=O) groups is 3. The number of rotatable bonds is 9. The third-order valence-electron chi connectivity index (χ3n) is 4.75. The van der Waals surface area contributed by atoms with Crippen LogP contribution in [0, 0.1) is 0 Å². The van der Waals surface area contributed by atoms with E-state index >= 15 is 0 Å². The Labute approximate surface area is 205 Å². The number of thioether (sulfide) groups is 1. The molecule has 4 rings (SSSR count). The number of esters is 1. The van der Waals surface area contributed by atoms with Gasteiger partial charge in [-0.05, 0) is 38.1 Å². The molecule has 0 aliphatic carbocycles. The number of hydrogen-bond acceptors (Lipinski definition) is 9. The molecule has 35 heavy (non-hydrogen) atoms. The van der Waals surface area contributed by atoms with Crippen molar-refractivity contribution in [1.82, 2.24) is 14.8 Å². The van der Waals surface area contributed by atoms with Crippen LogP contribution in [0.1, 0.15) is 30.2 Å². The van der Waals surface area contributed by atoms with Crippen LogP contribution < -0.4 is 20.1 Å². The highest BCUT2D eigenvalue weighted by Gasteiger charge is 2.19. The van der Waals surface area contributed by atoms with Gasteiger partial charge in [-0.15, -0.1) is 0 Å². The lowest BCUT2D eigenvalue weighted by atomic mass is 10.3. The van der Waals surface area contributed by atoms with Gasteiger partial charge in [-0.2, -0.15) is 5.10 Å². The van der Waals surface area contributed by atoms with Gasteiger partial charge in [-0.1, -0.05) is 11.8 Å². The first-order valence-corrected chi connectivity index (χ1v) is 11.7. The van der Waals surface area contributed by atoms with E-state index in [1.165, 1.54) is 12.3 Å². The molecule has 2 amide bonds. The fraction of sp³-hybridized carbons (Fsp3) is 0.261.